The molecule has 8 heteroatoms. The van der Waals surface area contributed by atoms with Gasteiger partial charge in [-0.3, -0.25) is 9.69 Å². The van der Waals surface area contributed by atoms with Crippen molar-refractivity contribution >= 4 is 21.6 Å². The van der Waals surface area contributed by atoms with Crippen LogP contribution in [0.1, 0.15) is 49.8 Å². The maximum atomic E-state index is 13.2. The number of fused-ring (bicyclic) bond motifs is 1. The Kier molecular flexibility index (Phi) is 7.36. The lowest BCUT2D eigenvalue weighted by Crippen LogP contribution is -2.35. The number of amides is 1. The molecule has 1 unspecified atom stereocenters. The van der Waals surface area contributed by atoms with Crippen LogP contribution in [-0.2, 0) is 21.2 Å². The molecule has 0 saturated carbocycles. The van der Waals surface area contributed by atoms with Crippen LogP contribution in [0.2, 0.25) is 0 Å². The van der Waals surface area contributed by atoms with E-state index < -0.39 is 10.0 Å². The molecule has 1 aliphatic carbocycles. The van der Waals surface area contributed by atoms with Gasteiger partial charge in [-0.2, -0.15) is 4.31 Å². The zero-order chi connectivity index (χ0) is 23.4. The number of hydrogen-bond donors (Lipinski definition) is 1. The Morgan fingerprint density at radius 2 is 1.91 bits per heavy atom. The lowest BCUT2D eigenvalue weighted by molar-refractivity contribution is -0.117. The summed E-state index contributed by atoms with van der Waals surface area (Å²) in [5.74, 6) is 0.146. The van der Waals surface area contributed by atoms with Crippen LogP contribution >= 0.6 is 0 Å². The van der Waals surface area contributed by atoms with E-state index >= 15 is 0 Å². The van der Waals surface area contributed by atoms with Crippen molar-refractivity contribution in [2.24, 2.45) is 0 Å². The Hall–Kier alpha value is -2.42. The van der Waals surface area contributed by atoms with Crippen molar-refractivity contribution < 1.29 is 17.9 Å². The van der Waals surface area contributed by atoms with E-state index in [1.165, 1.54) is 21.5 Å². The van der Waals surface area contributed by atoms with Gasteiger partial charge in [-0.25, -0.2) is 8.42 Å². The molecule has 1 heterocycles. The number of likely N-dealkylation sites (N-methyl/N-ethyl adjacent to an activating group) is 1. The molecule has 2 aromatic rings. The third-order valence-corrected chi connectivity index (χ3v) is 8.39. The average Bonchev–Trinajstić information content (AvgIpc) is 3.36. The van der Waals surface area contributed by atoms with Gasteiger partial charge in [0.15, 0.2) is 0 Å². The number of aryl methyl sites for hydroxylation is 1. The number of carbonyl (C=O) groups is 1. The van der Waals surface area contributed by atoms with E-state index in [4.69, 9.17) is 4.74 Å². The predicted molar refractivity (Wildman–Crippen MR) is 129 cm³/mol. The van der Waals surface area contributed by atoms with Crippen molar-refractivity contribution in [1.82, 2.24) is 9.21 Å². The van der Waals surface area contributed by atoms with Gasteiger partial charge in [-0.1, -0.05) is 24.3 Å². The van der Waals surface area contributed by atoms with Crippen LogP contribution in [0, 0.1) is 0 Å². The van der Waals surface area contributed by atoms with Crippen LogP contribution in [0.15, 0.2) is 47.4 Å². The summed E-state index contributed by atoms with van der Waals surface area (Å²) in [6.07, 6.45) is 4.91. The second-order valence-corrected chi connectivity index (χ2v) is 10.7. The highest BCUT2D eigenvalue weighted by molar-refractivity contribution is 7.89. The lowest BCUT2D eigenvalue weighted by atomic mass is 9.87. The monoisotopic (exact) mass is 471 g/mol. The van der Waals surface area contributed by atoms with Crippen molar-refractivity contribution in [1.29, 1.82) is 0 Å². The summed E-state index contributed by atoms with van der Waals surface area (Å²) in [6, 6.07) is 13.5. The topological polar surface area (TPSA) is 79.0 Å². The molecule has 0 aromatic heterocycles. The zero-order valence-electron chi connectivity index (χ0n) is 19.4. The summed E-state index contributed by atoms with van der Waals surface area (Å²) in [7, 11) is -1.71. The van der Waals surface area contributed by atoms with E-state index in [1.807, 2.05) is 20.0 Å². The Morgan fingerprint density at radius 3 is 2.67 bits per heavy atom. The summed E-state index contributed by atoms with van der Waals surface area (Å²) in [5.41, 5.74) is 3.10. The van der Waals surface area contributed by atoms with E-state index in [-0.39, 0.29) is 23.4 Å². The first-order chi connectivity index (χ1) is 15.9. The van der Waals surface area contributed by atoms with E-state index in [0.717, 1.165) is 32.1 Å². The highest BCUT2D eigenvalue weighted by Gasteiger charge is 2.31. The van der Waals surface area contributed by atoms with E-state index in [1.54, 1.807) is 12.1 Å². The van der Waals surface area contributed by atoms with Crippen LogP contribution < -0.4 is 10.1 Å². The van der Waals surface area contributed by atoms with Crippen LogP contribution in [-0.4, -0.2) is 56.8 Å². The molecular formula is C25H33N3O4S. The Labute approximate surface area is 196 Å². The van der Waals surface area contributed by atoms with Gasteiger partial charge in [-0.05, 0) is 75.4 Å². The fraction of sp³-hybridized carbons (Fsp3) is 0.480. The number of ether oxygens (including phenoxy) is 1. The zero-order valence-corrected chi connectivity index (χ0v) is 20.2. The van der Waals surface area contributed by atoms with Gasteiger partial charge in [0.1, 0.15) is 10.6 Å². The number of rotatable bonds is 8. The van der Waals surface area contributed by atoms with Crippen LogP contribution in [0.25, 0.3) is 0 Å². The molecule has 33 heavy (non-hydrogen) atoms. The third-order valence-electron chi connectivity index (χ3n) is 6.47. The summed E-state index contributed by atoms with van der Waals surface area (Å²) >= 11 is 0. The second kappa shape index (κ2) is 10.2. The summed E-state index contributed by atoms with van der Waals surface area (Å²) < 4.78 is 33.5. The largest absolute Gasteiger partial charge is 0.492 e. The molecule has 178 valence electrons. The van der Waals surface area contributed by atoms with Gasteiger partial charge in [-0.15, -0.1) is 0 Å². The quantitative estimate of drug-likeness (QED) is 0.633. The SMILES string of the molecule is CCOc1ccc(NC(=O)CN(C)C2CCCc3ccccc32)cc1S(=O)(=O)N1CCCC1. The van der Waals surface area contributed by atoms with Gasteiger partial charge < -0.3 is 10.1 Å². The van der Waals surface area contributed by atoms with Gasteiger partial charge in [0.25, 0.3) is 0 Å². The number of hydrogen-bond acceptors (Lipinski definition) is 5. The first-order valence-electron chi connectivity index (χ1n) is 11.7. The van der Waals surface area contributed by atoms with E-state index in [9.17, 15) is 13.2 Å². The van der Waals surface area contributed by atoms with Crippen molar-refractivity contribution in [2.45, 2.75) is 50.0 Å². The van der Waals surface area contributed by atoms with Gasteiger partial charge in [0, 0.05) is 24.8 Å². The molecule has 1 fully saturated rings. The Bertz CT molecular complexity index is 1100. The predicted octanol–water partition coefficient (Wildman–Crippen LogP) is 3.82. The van der Waals surface area contributed by atoms with Crippen molar-refractivity contribution in [3.63, 3.8) is 0 Å². The second-order valence-electron chi connectivity index (χ2n) is 8.78. The first kappa shape index (κ1) is 23.7. The van der Waals surface area contributed by atoms with Crippen molar-refractivity contribution in [2.75, 3.05) is 38.6 Å². The molecule has 2 aliphatic rings. The molecule has 4 rings (SSSR count). The van der Waals surface area contributed by atoms with Gasteiger partial charge in [0.2, 0.25) is 15.9 Å². The summed E-state index contributed by atoms with van der Waals surface area (Å²) in [5, 5.41) is 2.89. The summed E-state index contributed by atoms with van der Waals surface area (Å²) in [6.45, 7) is 3.43. The fourth-order valence-corrected chi connectivity index (χ4v) is 6.53. The molecule has 0 spiro atoms. The molecule has 2 aromatic carbocycles. The molecule has 1 N–H and O–H groups in total. The van der Waals surface area contributed by atoms with E-state index in [2.05, 4.69) is 28.4 Å². The molecule has 1 saturated heterocycles. The standard InChI is InChI=1S/C25H33N3O4S/c1-3-32-23-14-13-20(17-24(23)33(30,31)28-15-6-7-16-28)26-25(29)18-27(2)22-12-8-10-19-9-4-5-11-21(19)22/h4-5,9,11,13-14,17,22H,3,6-8,10,12,15-16,18H2,1-2H3,(H,26,29). The van der Waals surface area contributed by atoms with Crippen LogP contribution in [0.4, 0.5) is 5.69 Å². The molecule has 1 atom stereocenters. The van der Waals surface area contributed by atoms with Crippen molar-refractivity contribution in [3.8, 4) is 5.75 Å². The minimum Gasteiger partial charge on any atom is -0.492 e. The highest BCUT2D eigenvalue weighted by atomic mass is 32.2. The smallest absolute Gasteiger partial charge is 0.246 e. The van der Waals surface area contributed by atoms with E-state index in [0.29, 0.717) is 31.1 Å². The van der Waals surface area contributed by atoms with Gasteiger partial charge >= 0.3 is 0 Å². The Balaban J connectivity index is 1.49. The number of nitrogens with one attached hydrogen (secondary N) is 1. The van der Waals surface area contributed by atoms with Crippen LogP contribution in [0.5, 0.6) is 5.75 Å². The van der Waals surface area contributed by atoms with Crippen LogP contribution in [0.3, 0.4) is 0 Å². The van der Waals surface area contributed by atoms with Crippen molar-refractivity contribution in [3.05, 3.63) is 53.6 Å². The third kappa shape index (κ3) is 5.23. The molecule has 1 amide bonds. The maximum Gasteiger partial charge on any atom is 0.246 e. The average molecular weight is 472 g/mol. The molecule has 0 bridgehead atoms. The molecule has 1 aliphatic heterocycles. The minimum atomic E-state index is -3.68. The number of benzene rings is 2. The fourth-order valence-electron chi connectivity index (χ4n) is 4.85. The minimum absolute atomic E-state index is 0.110. The summed E-state index contributed by atoms with van der Waals surface area (Å²) in [4.78, 5) is 15.0. The Morgan fingerprint density at radius 1 is 1.15 bits per heavy atom. The highest BCUT2D eigenvalue weighted by Crippen LogP contribution is 2.34. The number of carbonyl (C=O) groups excluding carboxylic acids is 1. The normalized spacial score (nSPS) is 18.8. The maximum absolute atomic E-state index is 13.2. The number of anilines is 1. The molecule has 0 radical (unpaired) electrons. The van der Waals surface area contributed by atoms with Gasteiger partial charge in [0.05, 0.1) is 13.2 Å². The first-order valence-corrected chi connectivity index (χ1v) is 13.2. The molecule has 7 nitrogen and oxygen atoms in total. The molecular weight excluding hydrogens is 438 g/mol. The lowest BCUT2D eigenvalue weighted by Gasteiger charge is -2.32. The number of sulfonamides is 1. The number of nitrogens with zero attached hydrogens (tertiary/aromatic N) is 2.